The molecule has 1 aromatic carbocycles. The zero-order valence-electron chi connectivity index (χ0n) is 21.1. The second kappa shape index (κ2) is 13.4. The van der Waals surface area contributed by atoms with Gasteiger partial charge in [0.25, 0.3) is 0 Å². The van der Waals surface area contributed by atoms with Gasteiger partial charge < -0.3 is 36.9 Å². The molecule has 2 rings (SSSR count). The summed E-state index contributed by atoms with van der Waals surface area (Å²) in [5, 5.41) is 27.1. The van der Waals surface area contributed by atoms with Crippen molar-refractivity contribution in [3.63, 3.8) is 0 Å². The van der Waals surface area contributed by atoms with Crippen LogP contribution < -0.4 is 21.7 Å². The van der Waals surface area contributed by atoms with Crippen molar-refractivity contribution in [2.45, 2.75) is 70.6 Å². The van der Waals surface area contributed by atoms with Crippen LogP contribution in [0.4, 0.5) is 0 Å². The van der Waals surface area contributed by atoms with E-state index in [-0.39, 0.29) is 12.8 Å². The highest BCUT2D eigenvalue weighted by molar-refractivity contribution is 5.94. The average molecular weight is 518 g/mol. The summed E-state index contributed by atoms with van der Waals surface area (Å²) in [5.74, 6) is -4.91. The number of carbonyl (C=O) groups is 5. The van der Waals surface area contributed by atoms with Crippen molar-refractivity contribution in [3.05, 3.63) is 36.0 Å². The molecule has 12 nitrogen and oxygen atoms in total. The van der Waals surface area contributed by atoms with Gasteiger partial charge in [-0.05, 0) is 30.9 Å². The first-order valence-electron chi connectivity index (χ1n) is 12.1. The van der Waals surface area contributed by atoms with Gasteiger partial charge >= 0.3 is 11.9 Å². The number of aromatic amines is 1. The molecule has 12 heteroatoms. The van der Waals surface area contributed by atoms with Gasteiger partial charge in [0.2, 0.25) is 17.7 Å². The Labute approximate surface area is 214 Å². The predicted octanol–water partition coefficient (Wildman–Crippen LogP) is 0.508. The first-order chi connectivity index (χ1) is 17.4. The molecule has 0 radical (unpaired) electrons. The summed E-state index contributed by atoms with van der Waals surface area (Å²) in [4.78, 5) is 64.4. The number of hydrogen-bond acceptors (Lipinski definition) is 6. The molecule has 5 atom stereocenters. The number of H-pyrrole nitrogens is 1. The van der Waals surface area contributed by atoms with Crippen LogP contribution in [-0.2, 0) is 30.4 Å². The quantitative estimate of drug-likeness (QED) is 0.188. The lowest BCUT2D eigenvalue weighted by atomic mass is 9.96. The van der Waals surface area contributed by atoms with Crippen molar-refractivity contribution in [1.29, 1.82) is 0 Å². The number of carboxylic acids is 2. The number of benzene rings is 1. The second-order valence-electron chi connectivity index (χ2n) is 9.12. The number of aromatic nitrogens is 1. The largest absolute Gasteiger partial charge is 0.481 e. The molecule has 202 valence electrons. The lowest BCUT2D eigenvalue weighted by molar-refractivity contribution is -0.142. The van der Waals surface area contributed by atoms with E-state index in [1.165, 1.54) is 6.92 Å². The van der Waals surface area contributed by atoms with Gasteiger partial charge in [-0.25, -0.2) is 4.79 Å². The van der Waals surface area contributed by atoms with Crippen LogP contribution in [0.1, 0.15) is 45.6 Å². The Hall–Kier alpha value is -3.93. The van der Waals surface area contributed by atoms with E-state index in [1.54, 1.807) is 20.0 Å². The summed E-state index contributed by atoms with van der Waals surface area (Å²) in [6.07, 6.45) is 1.56. The van der Waals surface area contributed by atoms with Crippen LogP contribution in [0.15, 0.2) is 30.5 Å². The van der Waals surface area contributed by atoms with Crippen molar-refractivity contribution in [1.82, 2.24) is 20.9 Å². The van der Waals surface area contributed by atoms with Crippen LogP contribution in [-0.4, -0.2) is 69.0 Å². The van der Waals surface area contributed by atoms with E-state index in [0.29, 0.717) is 12.0 Å². The summed E-state index contributed by atoms with van der Waals surface area (Å²) >= 11 is 0. The van der Waals surface area contributed by atoms with Gasteiger partial charge in [-0.1, -0.05) is 38.5 Å². The summed E-state index contributed by atoms with van der Waals surface area (Å²) in [5.41, 5.74) is 7.09. The third-order valence-electron chi connectivity index (χ3n) is 6.20. The first-order valence-corrected chi connectivity index (χ1v) is 12.1. The Kier molecular flexibility index (Phi) is 10.6. The molecule has 1 heterocycles. The van der Waals surface area contributed by atoms with Crippen molar-refractivity contribution in [3.8, 4) is 0 Å². The number of carbonyl (C=O) groups excluding carboxylic acids is 3. The van der Waals surface area contributed by atoms with E-state index in [0.717, 1.165) is 10.9 Å². The molecule has 0 saturated heterocycles. The van der Waals surface area contributed by atoms with Crippen molar-refractivity contribution >= 4 is 40.6 Å². The normalized spacial score (nSPS) is 15.1. The molecule has 1 aromatic heterocycles. The summed E-state index contributed by atoms with van der Waals surface area (Å²) in [6, 6.07) is 2.80. The molecule has 0 spiro atoms. The van der Waals surface area contributed by atoms with Gasteiger partial charge in [-0.2, -0.15) is 0 Å². The Bertz CT molecular complexity index is 1130. The number of rotatable bonds is 14. The Balaban J connectivity index is 2.20. The Morgan fingerprint density at radius 3 is 2.19 bits per heavy atom. The molecule has 0 fully saturated rings. The first kappa shape index (κ1) is 29.3. The van der Waals surface area contributed by atoms with Crippen LogP contribution in [0.25, 0.3) is 10.9 Å². The minimum atomic E-state index is -1.27. The lowest BCUT2D eigenvalue weighted by Crippen LogP contribution is -2.58. The predicted molar refractivity (Wildman–Crippen MR) is 135 cm³/mol. The van der Waals surface area contributed by atoms with Crippen LogP contribution in [0.2, 0.25) is 0 Å². The van der Waals surface area contributed by atoms with Gasteiger partial charge in [-0.15, -0.1) is 0 Å². The van der Waals surface area contributed by atoms with Crippen molar-refractivity contribution in [2.24, 2.45) is 11.7 Å². The van der Waals surface area contributed by atoms with Crippen molar-refractivity contribution < 1.29 is 34.2 Å². The van der Waals surface area contributed by atoms with Crippen LogP contribution in [0.3, 0.4) is 0 Å². The number of para-hydroxylation sites is 1. The van der Waals surface area contributed by atoms with E-state index < -0.39 is 66.2 Å². The fourth-order valence-electron chi connectivity index (χ4n) is 3.78. The number of aliphatic carboxylic acids is 2. The standard InChI is InChI=1S/C25H35N5O7/c1-4-13(2)21(30-23(34)18(9-10-20(31)32)28-22(33)14(3)26)24(35)29-19(25(36)37)11-15-12-27-17-8-6-5-7-16(15)17/h5-8,12-14,18-19,21,27H,4,9-11,26H2,1-3H3,(H,28,33)(H,29,35)(H,30,34)(H,31,32)(H,36,37). The van der Waals surface area contributed by atoms with E-state index >= 15 is 0 Å². The minimum absolute atomic E-state index is 0.0118. The SMILES string of the molecule is CCC(C)C(NC(=O)C(CCC(=O)O)NC(=O)C(C)N)C(=O)NC(Cc1c[nH]c2ccccc12)C(=O)O. The molecule has 0 aliphatic heterocycles. The third-order valence-corrected chi connectivity index (χ3v) is 6.20. The summed E-state index contributed by atoms with van der Waals surface area (Å²) in [7, 11) is 0. The van der Waals surface area contributed by atoms with Gasteiger partial charge in [0.1, 0.15) is 18.1 Å². The van der Waals surface area contributed by atoms with Gasteiger partial charge in [0.05, 0.1) is 6.04 Å². The van der Waals surface area contributed by atoms with Gasteiger partial charge in [0.15, 0.2) is 0 Å². The molecule has 3 amide bonds. The molecule has 8 N–H and O–H groups in total. The minimum Gasteiger partial charge on any atom is -0.481 e. The average Bonchev–Trinajstić information content (AvgIpc) is 3.26. The van der Waals surface area contributed by atoms with Crippen LogP contribution in [0, 0.1) is 5.92 Å². The summed E-state index contributed by atoms with van der Waals surface area (Å²) in [6.45, 7) is 4.93. The molecule has 0 bridgehead atoms. The molecule has 0 aliphatic carbocycles. The maximum Gasteiger partial charge on any atom is 0.326 e. The van der Waals surface area contributed by atoms with Crippen molar-refractivity contribution in [2.75, 3.05) is 0 Å². The molecule has 0 aliphatic rings. The van der Waals surface area contributed by atoms with Crippen LogP contribution >= 0.6 is 0 Å². The smallest absolute Gasteiger partial charge is 0.326 e. The molecular formula is C25H35N5O7. The number of amides is 3. The molecular weight excluding hydrogens is 482 g/mol. The fourth-order valence-corrected chi connectivity index (χ4v) is 3.78. The number of hydrogen-bond donors (Lipinski definition) is 7. The third kappa shape index (κ3) is 8.31. The highest BCUT2D eigenvalue weighted by Crippen LogP contribution is 2.19. The maximum atomic E-state index is 13.2. The second-order valence-corrected chi connectivity index (χ2v) is 9.12. The number of nitrogens with two attached hydrogens (primary N) is 1. The monoisotopic (exact) mass is 517 g/mol. The van der Waals surface area contributed by atoms with E-state index in [4.69, 9.17) is 10.8 Å². The van der Waals surface area contributed by atoms with E-state index in [1.807, 2.05) is 24.3 Å². The highest BCUT2D eigenvalue weighted by Gasteiger charge is 2.33. The zero-order chi connectivity index (χ0) is 27.7. The molecule has 5 unspecified atom stereocenters. The lowest BCUT2D eigenvalue weighted by Gasteiger charge is -2.28. The van der Waals surface area contributed by atoms with E-state index in [2.05, 4.69) is 20.9 Å². The molecule has 0 saturated carbocycles. The molecule has 37 heavy (non-hydrogen) atoms. The number of carboxylic acid groups (broad SMARTS) is 2. The fraction of sp³-hybridized carbons (Fsp3) is 0.480. The Morgan fingerprint density at radius 2 is 1.59 bits per heavy atom. The highest BCUT2D eigenvalue weighted by atomic mass is 16.4. The molecule has 2 aromatic rings. The topological polar surface area (TPSA) is 204 Å². The van der Waals surface area contributed by atoms with Crippen LogP contribution in [0.5, 0.6) is 0 Å². The Morgan fingerprint density at radius 1 is 0.946 bits per heavy atom. The number of nitrogens with one attached hydrogen (secondary N) is 4. The number of fused-ring (bicyclic) bond motifs is 1. The zero-order valence-corrected chi connectivity index (χ0v) is 21.1. The van der Waals surface area contributed by atoms with E-state index in [9.17, 15) is 29.1 Å². The summed E-state index contributed by atoms with van der Waals surface area (Å²) < 4.78 is 0. The van der Waals surface area contributed by atoms with Gasteiger partial charge in [0, 0.05) is 29.9 Å². The van der Waals surface area contributed by atoms with Gasteiger partial charge in [-0.3, -0.25) is 19.2 Å². The maximum absolute atomic E-state index is 13.2.